The van der Waals surface area contributed by atoms with Crippen molar-refractivity contribution in [1.82, 2.24) is 15.6 Å². The van der Waals surface area contributed by atoms with Crippen LogP contribution < -0.4 is 16.0 Å². The molecule has 3 N–H and O–H groups in total. The number of hydrogen-bond donors (Lipinski definition) is 3. The molecule has 2 rings (SSSR count). The monoisotopic (exact) mass is 402 g/mol. The van der Waals surface area contributed by atoms with E-state index in [-0.39, 0.29) is 23.3 Å². The molecule has 1 aromatic rings. The van der Waals surface area contributed by atoms with Crippen LogP contribution in [0.4, 0.5) is 9.93 Å². The summed E-state index contributed by atoms with van der Waals surface area (Å²) in [5.41, 5.74) is 0.860. The molecular weight excluding hydrogens is 376 g/mol. The van der Waals surface area contributed by atoms with Crippen molar-refractivity contribution in [3.8, 4) is 0 Å². The molecule has 8 nitrogen and oxygen atoms in total. The Kier molecular flexibility index (Phi) is 6.62. The molecule has 10 heteroatoms. The lowest BCUT2D eigenvalue weighted by atomic mass is 10.0. The zero-order chi connectivity index (χ0) is 19.5. The van der Waals surface area contributed by atoms with Crippen LogP contribution in [0.15, 0.2) is 0 Å². The summed E-state index contributed by atoms with van der Waals surface area (Å²) in [6, 6.07) is -1.66. The standard InChI is InChI=1S/C16H26N4O4S2/c1-9(2)7-13(14(21)20-16-17-10(3)11(4)25-16)19-15(22)18-12-5-6-26(23,24)8-12/h9,12-13H,5-8H2,1-4H3,(H,17,20,21)(H2,18,19,22)/t12-,13-/m0/s1. The molecule has 1 fully saturated rings. The minimum atomic E-state index is -3.08. The Morgan fingerprint density at radius 2 is 2.00 bits per heavy atom. The van der Waals surface area contributed by atoms with Gasteiger partial charge in [0.1, 0.15) is 6.04 Å². The smallest absolute Gasteiger partial charge is 0.315 e. The summed E-state index contributed by atoms with van der Waals surface area (Å²) >= 11 is 1.39. The first-order valence-electron chi connectivity index (χ1n) is 8.58. The first-order chi connectivity index (χ1) is 12.1. The van der Waals surface area contributed by atoms with Crippen molar-refractivity contribution < 1.29 is 18.0 Å². The van der Waals surface area contributed by atoms with Crippen LogP contribution in [-0.4, -0.2) is 48.9 Å². The van der Waals surface area contributed by atoms with Crippen LogP contribution in [0, 0.1) is 19.8 Å². The summed E-state index contributed by atoms with van der Waals surface area (Å²) < 4.78 is 23.0. The number of sulfone groups is 1. The van der Waals surface area contributed by atoms with Gasteiger partial charge in [0, 0.05) is 10.9 Å². The van der Waals surface area contributed by atoms with Gasteiger partial charge in [-0.3, -0.25) is 4.79 Å². The average Bonchev–Trinajstić information content (AvgIpc) is 2.99. The third-order valence-electron chi connectivity index (χ3n) is 4.16. The topological polar surface area (TPSA) is 117 Å². The number of hydrogen-bond acceptors (Lipinski definition) is 6. The fraction of sp³-hybridized carbons (Fsp3) is 0.688. The first kappa shape index (κ1) is 20.6. The summed E-state index contributed by atoms with van der Waals surface area (Å²) in [5, 5.41) is 8.57. The normalized spacial score (nSPS) is 20.0. The van der Waals surface area contributed by atoms with Crippen LogP contribution in [0.2, 0.25) is 0 Å². The van der Waals surface area contributed by atoms with Crippen molar-refractivity contribution in [1.29, 1.82) is 0 Å². The predicted molar refractivity (Wildman–Crippen MR) is 102 cm³/mol. The number of anilines is 1. The van der Waals surface area contributed by atoms with Gasteiger partial charge in [-0.05, 0) is 32.6 Å². The van der Waals surface area contributed by atoms with Crippen LogP contribution >= 0.6 is 11.3 Å². The molecule has 2 heterocycles. The second kappa shape index (κ2) is 8.34. The number of thiazole rings is 1. The fourth-order valence-corrected chi connectivity index (χ4v) is 5.21. The molecule has 0 spiro atoms. The quantitative estimate of drug-likeness (QED) is 0.668. The highest BCUT2D eigenvalue weighted by atomic mass is 32.2. The minimum absolute atomic E-state index is 0.0564. The number of urea groups is 1. The Labute approximate surface area is 158 Å². The van der Waals surface area contributed by atoms with Crippen LogP contribution in [-0.2, 0) is 14.6 Å². The van der Waals surface area contributed by atoms with Crippen molar-refractivity contribution in [3.63, 3.8) is 0 Å². The maximum Gasteiger partial charge on any atom is 0.315 e. The predicted octanol–water partition coefficient (Wildman–Crippen LogP) is 1.60. The zero-order valence-electron chi connectivity index (χ0n) is 15.5. The van der Waals surface area contributed by atoms with E-state index in [9.17, 15) is 18.0 Å². The van der Waals surface area contributed by atoms with E-state index in [2.05, 4.69) is 20.9 Å². The third kappa shape index (κ3) is 5.94. The Morgan fingerprint density at radius 1 is 1.31 bits per heavy atom. The van der Waals surface area contributed by atoms with Gasteiger partial charge in [0.25, 0.3) is 0 Å². The Hall–Kier alpha value is -1.68. The van der Waals surface area contributed by atoms with E-state index < -0.39 is 28.0 Å². The highest BCUT2D eigenvalue weighted by Gasteiger charge is 2.30. The maximum absolute atomic E-state index is 12.6. The van der Waals surface area contributed by atoms with Gasteiger partial charge in [-0.2, -0.15) is 0 Å². The van der Waals surface area contributed by atoms with Crippen molar-refractivity contribution in [3.05, 3.63) is 10.6 Å². The van der Waals surface area contributed by atoms with Crippen LogP contribution in [0.25, 0.3) is 0 Å². The lowest BCUT2D eigenvalue weighted by molar-refractivity contribution is -0.118. The van der Waals surface area contributed by atoms with Gasteiger partial charge in [-0.1, -0.05) is 13.8 Å². The van der Waals surface area contributed by atoms with Gasteiger partial charge in [0.2, 0.25) is 5.91 Å². The zero-order valence-corrected chi connectivity index (χ0v) is 17.1. The number of carbonyl (C=O) groups is 2. The highest BCUT2D eigenvalue weighted by molar-refractivity contribution is 7.91. The van der Waals surface area contributed by atoms with Crippen LogP contribution in [0.3, 0.4) is 0 Å². The van der Waals surface area contributed by atoms with E-state index in [1.807, 2.05) is 27.7 Å². The number of carbonyl (C=O) groups excluding carboxylic acids is 2. The van der Waals surface area contributed by atoms with Gasteiger partial charge >= 0.3 is 6.03 Å². The molecule has 0 unspecified atom stereocenters. The summed E-state index contributed by atoms with van der Waals surface area (Å²) in [7, 11) is -3.08. The molecule has 0 aliphatic carbocycles. The number of amides is 3. The number of rotatable bonds is 6. The maximum atomic E-state index is 12.6. The molecule has 3 amide bonds. The van der Waals surface area contributed by atoms with Crippen molar-refractivity contribution in [2.45, 2.75) is 52.6 Å². The number of nitrogens with zero attached hydrogens (tertiary/aromatic N) is 1. The fourth-order valence-electron chi connectivity index (χ4n) is 2.72. The molecule has 1 aliphatic heterocycles. The van der Waals surface area contributed by atoms with Gasteiger partial charge in [-0.15, -0.1) is 11.3 Å². The molecule has 1 aromatic heterocycles. The van der Waals surface area contributed by atoms with Gasteiger partial charge in [0.15, 0.2) is 15.0 Å². The molecular formula is C16H26N4O4S2. The molecule has 2 atom stereocenters. The second-order valence-corrected chi connectivity index (χ2v) is 10.5. The van der Waals surface area contributed by atoms with E-state index in [1.54, 1.807) is 0 Å². The summed E-state index contributed by atoms with van der Waals surface area (Å²) in [5.74, 6) is -0.116. The number of nitrogens with one attached hydrogen (secondary N) is 3. The van der Waals surface area contributed by atoms with Crippen molar-refractivity contribution in [2.24, 2.45) is 5.92 Å². The lowest BCUT2D eigenvalue weighted by Crippen LogP contribution is -2.51. The molecule has 146 valence electrons. The summed E-state index contributed by atoms with van der Waals surface area (Å²) in [4.78, 5) is 30.1. The average molecular weight is 403 g/mol. The number of aromatic nitrogens is 1. The van der Waals surface area contributed by atoms with Gasteiger partial charge < -0.3 is 16.0 Å². The van der Waals surface area contributed by atoms with Crippen LogP contribution in [0.5, 0.6) is 0 Å². The van der Waals surface area contributed by atoms with Gasteiger partial charge in [-0.25, -0.2) is 18.2 Å². The Balaban J connectivity index is 1.97. The highest BCUT2D eigenvalue weighted by Crippen LogP contribution is 2.21. The SMILES string of the molecule is Cc1nc(NC(=O)[C@H](CC(C)C)NC(=O)N[C@H]2CCS(=O)(=O)C2)sc1C. The molecule has 0 bridgehead atoms. The molecule has 1 aliphatic rings. The summed E-state index contributed by atoms with van der Waals surface area (Å²) in [6.07, 6.45) is 0.861. The van der Waals surface area contributed by atoms with Crippen molar-refractivity contribution in [2.75, 3.05) is 16.8 Å². The van der Waals surface area contributed by atoms with E-state index in [0.717, 1.165) is 10.6 Å². The van der Waals surface area contributed by atoms with Crippen molar-refractivity contribution >= 4 is 38.2 Å². The second-order valence-electron chi connectivity index (χ2n) is 7.05. The Morgan fingerprint density at radius 3 is 2.50 bits per heavy atom. The van der Waals surface area contributed by atoms with E-state index >= 15 is 0 Å². The van der Waals surface area contributed by atoms with Crippen LogP contribution in [0.1, 0.15) is 37.3 Å². The van der Waals surface area contributed by atoms with Gasteiger partial charge in [0.05, 0.1) is 17.2 Å². The molecule has 1 saturated heterocycles. The number of aryl methyl sites for hydroxylation is 2. The largest absolute Gasteiger partial charge is 0.334 e. The molecule has 0 radical (unpaired) electrons. The Bertz CT molecular complexity index is 754. The molecule has 26 heavy (non-hydrogen) atoms. The molecule has 0 aromatic carbocycles. The third-order valence-corrected chi connectivity index (χ3v) is 6.91. The van der Waals surface area contributed by atoms with E-state index in [4.69, 9.17) is 0 Å². The summed E-state index contributed by atoms with van der Waals surface area (Å²) in [6.45, 7) is 7.71. The lowest BCUT2D eigenvalue weighted by Gasteiger charge is -2.21. The minimum Gasteiger partial charge on any atom is -0.334 e. The van der Waals surface area contributed by atoms with E-state index in [0.29, 0.717) is 18.0 Å². The molecule has 0 saturated carbocycles. The first-order valence-corrected chi connectivity index (χ1v) is 11.2. The van der Waals surface area contributed by atoms with E-state index in [1.165, 1.54) is 11.3 Å².